The van der Waals surface area contributed by atoms with Gasteiger partial charge in [0.05, 0.1) is 17.9 Å². The van der Waals surface area contributed by atoms with E-state index in [1.165, 1.54) is 18.2 Å². The van der Waals surface area contributed by atoms with Crippen LogP contribution in [0.1, 0.15) is 44.0 Å². The van der Waals surface area contributed by atoms with E-state index >= 15 is 0 Å². The van der Waals surface area contributed by atoms with E-state index in [0.717, 1.165) is 6.42 Å². The number of sulfonamides is 1. The molecule has 8 heteroatoms. The minimum atomic E-state index is -3.85. The molecule has 0 heterocycles. The zero-order valence-corrected chi connectivity index (χ0v) is 15.3. The number of nitrogens with one attached hydrogen (secondary N) is 2. The fourth-order valence-corrected chi connectivity index (χ4v) is 3.85. The van der Waals surface area contributed by atoms with E-state index in [4.69, 9.17) is 9.84 Å². The molecule has 0 aliphatic heterocycles. The third kappa shape index (κ3) is 5.77. The highest BCUT2D eigenvalue weighted by atomic mass is 32.2. The first-order chi connectivity index (χ1) is 11.2. The number of carbonyl (C=O) groups is 1. The van der Waals surface area contributed by atoms with Crippen molar-refractivity contribution in [3.05, 3.63) is 23.8 Å². The molecular weight excluding hydrogens is 332 g/mol. The molecule has 2 unspecified atom stereocenters. The number of anilines is 1. The zero-order chi connectivity index (χ0) is 18.3. The fourth-order valence-electron chi connectivity index (χ4n) is 2.37. The summed E-state index contributed by atoms with van der Waals surface area (Å²) in [7, 11) is -2.29. The van der Waals surface area contributed by atoms with Gasteiger partial charge in [0.15, 0.2) is 0 Å². The van der Waals surface area contributed by atoms with Crippen LogP contribution in [0.4, 0.5) is 5.69 Å². The molecule has 1 aromatic carbocycles. The summed E-state index contributed by atoms with van der Waals surface area (Å²) < 4.78 is 33.0. The van der Waals surface area contributed by atoms with Crippen LogP contribution in [0, 0.1) is 0 Å². The van der Waals surface area contributed by atoms with Crippen LogP contribution in [0.15, 0.2) is 23.1 Å². The van der Waals surface area contributed by atoms with E-state index in [-0.39, 0.29) is 22.5 Å². The van der Waals surface area contributed by atoms with Crippen molar-refractivity contribution in [3.63, 3.8) is 0 Å². The molecule has 1 rings (SSSR count). The lowest BCUT2D eigenvalue weighted by Gasteiger charge is -2.20. The Kier molecular flexibility index (Phi) is 7.65. The Bertz CT molecular complexity index is 660. The highest BCUT2D eigenvalue weighted by Crippen LogP contribution is 2.24. The summed E-state index contributed by atoms with van der Waals surface area (Å²) in [5.74, 6) is -1.18. The Morgan fingerprint density at radius 1 is 1.29 bits per heavy atom. The highest BCUT2D eigenvalue weighted by molar-refractivity contribution is 7.89. The minimum Gasteiger partial charge on any atom is -0.478 e. The number of rotatable bonds is 10. The zero-order valence-electron chi connectivity index (χ0n) is 14.5. The van der Waals surface area contributed by atoms with Crippen molar-refractivity contribution in [2.24, 2.45) is 0 Å². The van der Waals surface area contributed by atoms with E-state index in [9.17, 15) is 13.2 Å². The summed E-state index contributed by atoms with van der Waals surface area (Å²) >= 11 is 0. The van der Waals surface area contributed by atoms with Crippen molar-refractivity contribution < 1.29 is 23.1 Å². The maximum Gasteiger partial charge on any atom is 0.335 e. The van der Waals surface area contributed by atoms with Gasteiger partial charge in [0.1, 0.15) is 4.90 Å². The van der Waals surface area contributed by atoms with Gasteiger partial charge < -0.3 is 15.2 Å². The minimum absolute atomic E-state index is 0.0756. The molecule has 0 aliphatic carbocycles. The molecule has 7 nitrogen and oxygen atoms in total. The van der Waals surface area contributed by atoms with E-state index in [0.29, 0.717) is 18.7 Å². The number of hydrogen-bond donors (Lipinski definition) is 3. The summed E-state index contributed by atoms with van der Waals surface area (Å²) in [6.07, 6.45) is 1.54. The molecule has 2 atom stereocenters. The second-order valence-electron chi connectivity index (χ2n) is 5.83. The van der Waals surface area contributed by atoms with Gasteiger partial charge in [0.25, 0.3) is 0 Å². The van der Waals surface area contributed by atoms with Crippen molar-refractivity contribution in [2.75, 3.05) is 19.0 Å². The number of carboxylic acid groups (broad SMARTS) is 1. The van der Waals surface area contributed by atoms with Gasteiger partial charge in [0.2, 0.25) is 10.0 Å². The number of carboxylic acids is 1. The molecule has 0 saturated heterocycles. The van der Waals surface area contributed by atoms with Gasteiger partial charge in [-0.05, 0) is 38.5 Å². The number of methoxy groups -OCH3 is 1. The van der Waals surface area contributed by atoms with Crippen LogP contribution in [-0.4, -0.2) is 45.3 Å². The summed E-state index contributed by atoms with van der Waals surface area (Å²) in [4.78, 5) is 11.1. The second-order valence-corrected chi connectivity index (χ2v) is 7.51. The van der Waals surface area contributed by atoms with Crippen LogP contribution >= 0.6 is 0 Å². The lowest BCUT2D eigenvalue weighted by molar-refractivity contribution is 0.0696. The fraction of sp³-hybridized carbons (Fsp3) is 0.562. The molecule has 0 spiro atoms. The van der Waals surface area contributed by atoms with Crippen molar-refractivity contribution in [3.8, 4) is 0 Å². The van der Waals surface area contributed by atoms with Crippen molar-refractivity contribution >= 4 is 21.7 Å². The smallest absolute Gasteiger partial charge is 0.335 e. The van der Waals surface area contributed by atoms with Crippen LogP contribution in [0.2, 0.25) is 0 Å². The van der Waals surface area contributed by atoms with Crippen LogP contribution in [0.25, 0.3) is 0 Å². The molecule has 0 aliphatic rings. The average Bonchev–Trinajstić information content (AvgIpc) is 2.47. The number of benzene rings is 1. The monoisotopic (exact) mass is 358 g/mol. The van der Waals surface area contributed by atoms with Crippen molar-refractivity contribution in [2.45, 2.75) is 50.6 Å². The van der Waals surface area contributed by atoms with Gasteiger partial charge in [-0.25, -0.2) is 17.9 Å². The molecule has 0 saturated carbocycles. The quantitative estimate of drug-likeness (QED) is 0.593. The third-order valence-corrected chi connectivity index (χ3v) is 5.04. The number of hydrogen-bond acceptors (Lipinski definition) is 5. The second kappa shape index (κ2) is 9.00. The van der Waals surface area contributed by atoms with E-state index in [1.807, 2.05) is 13.8 Å². The van der Waals surface area contributed by atoms with Crippen molar-refractivity contribution in [1.29, 1.82) is 0 Å². The standard InChI is InChI=1S/C16H26N2O5S/c1-5-6-11(2)18-24(21,22)15-9-13(16(19)20)7-8-14(15)17-12(3)10-23-4/h7-9,11-12,17-18H,5-6,10H2,1-4H3,(H,19,20). The van der Waals surface area contributed by atoms with E-state index < -0.39 is 16.0 Å². The SMILES string of the molecule is CCCC(C)NS(=O)(=O)c1cc(C(=O)O)ccc1NC(C)COC. The first-order valence-electron chi connectivity index (χ1n) is 7.86. The lowest BCUT2D eigenvalue weighted by Crippen LogP contribution is -2.33. The predicted octanol–water partition coefficient (Wildman–Crippen LogP) is 2.30. The summed E-state index contributed by atoms with van der Waals surface area (Å²) in [6.45, 7) is 5.98. The predicted molar refractivity (Wildman–Crippen MR) is 93.1 cm³/mol. The Balaban J connectivity index is 3.24. The lowest BCUT2D eigenvalue weighted by atomic mass is 10.2. The molecule has 0 bridgehead atoms. The Morgan fingerprint density at radius 2 is 1.96 bits per heavy atom. The average molecular weight is 358 g/mol. The van der Waals surface area contributed by atoms with Crippen LogP contribution in [0.5, 0.6) is 0 Å². The maximum absolute atomic E-state index is 12.7. The van der Waals surface area contributed by atoms with Gasteiger partial charge in [0, 0.05) is 19.2 Å². The molecule has 0 fully saturated rings. The number of ether oxygens (including phenoxy) is 1. The molecule has 3 N–H and O–H groups in total. The molecule has 136 valence electrons. The summed E-state index contributed by atoms with van der Waals surface area (Å²) in [5.41, 5.74) is 0.268. The van der Waals surface area contributed by atoms with Crippen molar-refractivity contribution in [1.82, 2.24) is 4.72 Å². The number of aromatic carboxylic acids is 1. The Labute approximate surface area is 143 Å². The molecular formula is C16H26N2O5S. The topological polar surface area (TPSA) is 105 Å². The summed E-state index contributed by atoms with van der Waals surface area (Å²) in [6, 6.07) is 3.64. The van der Waals surface area contributed by atoms with E-state index in [1.54, 1.807) is 14.0 Å². The van der Waals surface area contributed by atoms with Gasteiger partial charge >= 0.3 is 5.97 Å². The van der Waals surface area contributed by atoms with Crippen LogP contribution < -0.4 is 10.0 Å². The van der Waals surface area contributed by atoms with Gasteiger partial charge in [-0.3, -0.25) is 0 Å². The maximum atomic E-state index is 12.7. The summed E-state index contributed by atoms with van der Waals surface area (Å²) in [5, 5.41) is 12.2. The molecule has 1 aromatic rings. The van der Waals surface area contributed by atoms with Gasteiger partial charge in [-0.2, -0.15) is 0 Å². The molecule has 0 amide bonds. The highest BCUT2D eigenvalue weighted by Gasteiger charge is 2.23. The Morgan fingerprint density at radius 3 is 2.50 bits per heavy atom. The molecule has 24 heavy (non-hydrogen) atoms. The van der Waals surface area contributed by atoms with Crippen LogP contribution in [-0.2, 0) is 14.8 Å². The van der Waals surface area contributed by atoms with Crippen LogP contribution in [0.3, 0.4) is 0 Å². The normalized spacial score (nSPS) is 14.2. The molecule has 0 aromatic heterocycles. The first-order valence-corrected chi connectivity index (χ1v) is 9.34. The van der Waals surface area contributed by atoms with Gasteiger partial charge in [-0.1, -0.05) is 13.3 Å². The largest absolute Gasteiger partial charge is 0.478 e. The molecule has 0 radical (unpaired) electrons. The Hall–Kier alpha value is -1.64. The first kappa shape index (κ1) is 20.4. The third-order valence-electron chi connectivity index (χ3n) is 3.41. The van der Waals surface area contributed by atoms with E-state index in [2.05, 4.69) is 10.0 Å². The van der Waals surface area contributed by atoms with Gasteiger partial charge in [-0.15, -0.1) is 0 Å².